The maximum Gasteiger partial charge on any atom is 0.320 e. The highest BCUT2D eigenvalue weighted by Crippen LogP contribution is 2.23. The first-order chi connectivity index (χ1) is 10.9. The van der Waals surface area contributed by atoms with Gasteiger partial charge in [0, 0.05) is 17.9 Å². The summed E-state index contributed by atoms with van der Waals surface area (Å²) in [5.41, 5.74) is 6.79. The predicted octanol–water partition coefficient (Wildman–Crippen LogP) is 2.67. The number of carbonyl (C=O) groups excluding carboxylic acids is 1. The van der Waals surface area contributed by atoms with Gasteiger partial charge in [0.05, 0.1) is 0 Å². The van der Waals surface area contributed by atoms with Gasteiger partial charge < -0.3 is 15.9 Å². The topological polar surface area (TPSA) is 101 Å². The van der Waals surface area contributed by atoms with E-state index in [9.17, 15) is 14.7 Å². The number of benzene rings is 1. The number of ketones is 1. The van der Waals surface area contributed by atoms with E-state index < -0.39 is 12.0 Å². The molecule has 5 heteroatoms. The van der Waals surface area contributed by atoms with Crippen LogP contribution in [0.15, 0.2) is 18.2 Å². The summed E-state index contributed by atoms with van der Waals surface area (Å²) < 4.78 is 0. The van der Waals surface area contributed by atoms with E-state index >= 15 is 0 Å². The number of aliphatic carboxylic acids is 1. The van der Waals surface area contributed by atoms with Crippen LogP contribution in [0.5, 0.6) is 5.75 Å². The van der Waals surface area contributed by atoms with Crippen LogP contribution >= 0.6 is 0 Å². The zero-order valence-electron chi connectivity index (χ0n) is 13.9. The monoisotopic (exact) mass is 321 g/mol. The Balaban J connectivity index is 2.86. The third kappa shape index (κ3) is 6.02. The van der Waals surface area contributed by atoms with E-state index in [1.165, 1.54) is 6.07 Å². The molecule has 5 nitrogen and oxygen atoms in total. The van der Waals surface area contributed by atoms with E-state index in [-0.39, 0.29) is 30.3 Å². The van der Waals surface area contributed by atoms with Crippen molar-refractivity contribution in [1.82, 2.24) is 0 Å². The van der Waals surface area contributed by atoms with Gasteiger partial charge in [0.15, 0.2) is 0 Å². The molecule has 0 spiro atoms. The molecule has 0 heterocycles. The van der Waals surface area contributed by atoms with Gasteiger partial charge in [-0.2, -0.15) is 0 Å². The Morgan fingerprint density at radius 1 is 1.17 bits per heavy atom. The Kier molecular flexibility index (Phi) is 7.75. The van der Waals surface area contributed by atoms with Crippen LogP contribution < -0.4 is 5.73 Å². The molecular formula is C18H27NO4. The molecule has 0 radical (unpaired) electrons. The van der Waals surface area contributed by atoms with E-state index in [4.69, 9.17) is 10.8 Å². The number of carboxylic acid groups (broad SMARTS) is 1. The molecule has 1 unspecified atom stereocenters. The summed E-state index contributed by atoms with van der Waals surface area (Å²) in [5.74, 6) is -0.850. The van der Waals surface area contributed by atoms with Crippen LogP contribution in [0.25, 0.3) is 0 Å². The van der Waals surface area contributed by atoms with Crippen LogP contribution in [-0.2, 0) is 22.4 Å². The fourth-order valence-electron chi connectivity index (χ4n) is 2.74. The van der Waals surface area contributed by atoms with Gasteiger partial charge in [-0.1, -0.05) is 38.8 Å². The number of Topliss-reactive ketones (excluding diaryl/α,β-unsaturated/α-hetero) is 1. The summed E-state index contributed by atoms with van der Waals surface area (Å²) in [7, 11) is 0. The molecule has 0 aliphatic heterocycles. The number of carbonyl (C=O) groups is 2. The molecule has 0 amide bonds. The van der Waals surface area contributed by atoms with Gasteiger partial charge >= 0.3 is 5.97 Å². The molecule has 4 N–H and O–H groups in total. The van der Waals surface area contributed by atoms with Crippen molar-refractivity contribution in [2.75, 3.05) is 0 Å². The van der Waals surface area contributed by atoms with Crippen molar-refractivity contribution in [2.45, 2.75) is 58.4 Å². The summed E-state index contributed by atoms with van der Waals surface area (Å²) in [4.78, 5) is 23.3. The van der Waals surface area contributed by atoms with Crippen LogP contribution in [0.1, 0.15) is 50.7 Å². The fraction of sp³-hybridized carbons (Fsp3) is 0.556. The molecule has 1 aromatic carbocycles. The molecule has 0 bridgehead atoms. The first kappa shape index (κ1) is 19.2. The Morgan fingerprint density at radius 2 is 1.78 bits per heavy atom. The number of carboxylic acids is 1. The molecule has 0 aromatic heterocycles. The highest BCUT2D eigenvalue weighted by molar-refractivity contribution is 5.84. The van der Waals surface area contributed by atoms with Crippen molar-refractivity contribution in [3.63, 3.8) is 0 Å². The molecule has 23 heavy (non-hydrogen) atoms. The largest absolute Gasteiger partial charge is 0.508 e. The highest BCUT2D eigenvalue weighted by atomic mass is 16.4. The van der Waals surface area contributed by atoms with Crippen LogP contribution in [0.2, 0.25) is 0 Å². The first-order valence-corrected chi connectivity index (χ1v) is 8.20. The zero-order chi connectivity index (χ0) is 17.4. The lowest BCUT2D eigenvalue weighted by Crippen LogP contribution is -2.32. The molecule has 0 saturated heterocycles. The normalized spacial score (nSPS) is 12.3. The van der Waals surface area contributed by atoms with E-state index in [0.717, 1.165) is 25.7 Å². The van der Waals surface area contributed by atoms with Gasteiger partial charge in [-0.25, -0.2) is 0 Å². The SMILES string of the molecule is CCCC(CCC)C(=O)Cc1cc(CC(N)C(=O)O)ccc1O. The third-order valence-corrected chi connectivity index (χ3v) is 4.01. The van der Waals surface area contributed by atoms with Crippen LogP contribution in [0, 0.1) is 5.92 Å². The Bertz CT molecular complexity index is 536. The molecule has 1 atom stereocenters. The summed E-state index contributed by atoms with van der Waals surface area (Å²) >= 11 is 0. The third-order valence-electron chi connectivity index (χ3n) is 4.01. The van der Waals surface area contributed by atoms with Crippen LogP contribution in [0.3, 0.4) is 0 Å². The quantitative estimate of drug-likeness (QED) is 0.615. The van der Waals surface area contributed by atoms with Crippen molar-refractivity contribution in [1.29, 1.82) is 0 Å². The molecular weight excluding hydrogens is 294 g/mol. The molecule has 128 valence electrons. The summed E-state index contributed by atoms with van der Waals surface area (Å²) in [6.45, 7) is 4.11. The second-order valence-corrected chi connectivity index (χ2v) is 6.03. The van der Waals surface area contributed by atoms with E-state index in [1.807, 2.05) is 0 Å². The van der Waals surface area contributed by atoms with E-state index in [2.05, 4.69) is 13.8 Å². The second-order valence-electron chi connectivity index (χ2n) is 6.03. The minimum Gasteiger partial charge on any atom is -0.508 e. The van der Waals surface area contributed by atoms with Gasteiger partial charge in [-0.15, -0.1) is 0 Å². The number of phenols is 1. The number of aromatic hydroxyl groups is 1. The average Bonchev–Trinajstić information content (AvgIpc) is 2.50. The standard InChI is InChI=1S/C18H27NO4/c1-3-5-13(6-4-2)17(21)11-14-9-12(7-8-16(14)20)10-15(19)18(22)23/h7-9,13,15,20H,3-6,10-11,19H2,1-2H3,(H,22,23). The zero-order valence-corrected chi connectivity index (χ0v) is 13.9. The van der Waals surface area contributed by atoms with Crippen molar-refractivity contribution in [3.05, 3.63) is 29.3 Å². The molecule has 0 fully saturated rings. The Labute approximate surface area is 137 Å². The molecule has 0 aliphatic carbocycles. The molecule has 0 saturated carbocycles. The van der Waals surface area contributed by atoms with Gasteiger partial charge in [0.2, 0.25) is 0 Å². The summed E-state index contributed by atoms with van der Waals surface area (Å²) in [6.07, 6.45) is 3.97. The maximum atomic E-state index is 12.5. The van der Waals surface area contributed by atoms with Gasteiger partial charge in [-0.3, -0.25) is 9.59 Å². The number of nitrogens with two attached hydrogens (primary N) is 1. The van der Waals surface area contributed by atoms with E-state index in [1.54, 1.807) is 12.1 Å². The van der Waals surface area contributed by atoms with Gasteiger partial charge in [0.1, 0.15) is 17.6 Å². The smallest absolute Gasteiger partial charge is 0.320 e. The number of hydrogen-bond acceptors (Lipinski definition) is 4. The fourth-order valence-corrected chi connectivity index (χ4v) is 2.74. The number of hydrogen-bond donors (Lipinski definition) is 3. The van der Waals surface area contributed by atoms with Crippen molar-refractivity contribution < 1.29 is 19.8 Å². The van der Waals surface area contributed by atoms with Crippen LogP contribution in [0.4, 0.5) is 0 Å². The van der Waals surface area contributed by atoms with Gasteiger partial charge in [-0.05, 0) is 30.9 Å². The number of rotatable bonds is 10. The van der Waals surface area contributed by atoms with Crippen molar-refractivity contribution >= 4 is 11.8 Å². The van der Waals surface area contributed by atoms with E-state index in [0.29, 0.717) is 11.1 Å². The molecule has 0 aliphatic rings. The minimum absolute atomic E-state index is 0.0225. The lowest BCUT2D eigenvalue weighted by molar-refractivity contribution is -0.138. The summed E-state index contributed by atoms with van der Waals surface area (Å²) in [6, 6.07) is 3.84. The Morgan fingerprint density at radius 3 is 2.30 bits per heavy atom. The Hall–Kier alpha value is -1.88. The lowest BCUT2D eigenvalue weighted by atomic mass is 9.89. The predicted molar refractivity (Wildman–Crippen MR) is 89.4 cm³/mol. The molecule has 1 rings (SSSR count). The number of phenolic OH excluding ortho intramolecular Hbond substituents is 1. The highest BCUT2D eigenvalue weighted by Gasteiger charge is 2.19. The first-order valence-electron chi connectivity index (χ1n) is 8.20. The lowest BCUT2D eigenvalue weighted by Gasteiger charge is -2.15. The van der Waals surface area contributed by atoms with Gasteiger partial charge in [0.25, 0.3) is 0 Å². The average molecular weight is 321 g/mol. The maximum absolute atomic E-state index is 12.5. The van der Waals surface area contributed by atoms with Crippen LogP contribution in [-0.4, -0.2) is 28.0 Å². The minimum atomic E-state index is -1.07. The van der Waals surface area contributed by atoms with Crippen molar-refractivity contribution in [3.8, 4) is 5.75 Å². The summed E-state index contributed by atoms with van der Waals surface area (Å²) in [5, 5.41) is 18.8. The molecule has 1 aromatic rings. The second kappa shape index (κ2) is 9.30. The van der Waals surface area contributed by atoms with Crippen molar-refractivity contribution in [2.24, 2.45) is 11.7 Å².